The van der Waals surface area contributed by atoms with Crippen LogP contribution < -0.4 is 0 Å². The topological polar surface area (TPSA) is 134 Å². The Morgan fingerprint density at radius 1 is 1.10 bits per heavy atom. The molecular weight excluding hydrogens is 652 g/mol. The second-order valence-electron chi connectivity index (χ2n) is 15.4. The number of fused-ring (bicyclic) bond motifs is 1. The normalized spacial score (nSPS) is 39.9. The Hall–Kier alpha value is -2.98. The van der Waals surface area contributed by atoms with Gasteiger partial charge in [0.2, 0.25) is 0 Å². The molecule has 3 fully saturated rings. The summed E-state index contributed by atoms with van der Waals surface area (Å²) < 4.78 is 31.9. The van der Waals surface area contributed by atoms with Gasteiger partial charge in [-0.25, -0.2) is 0 Å². The first-order chi connectivity index (χ1) is 23.9. The Labute approximate surface area is 303 Å². The number of carbonyl (C=O) groups is 3. The summed E-state index contributed by atoms with van der Waals surface area (Å²) in [6.07, 6.45) is 0.216. The fourth-order valence-corrected chi connectivity index (χ4v) is 8.43. The lowest BCUT2D eigenvalue weighted by atomic mass is 9.69. The first-order valence-corrected chi connectivity index (χ1v) is 18.2. The molecular formula is C40H58N2O9. The van der Waals surface area contributed by atoms with E-state index in [0.29, 0.717) is 18.4 Å². The molecule has 0 saturated carbocycles. The molecule has 1 aromatic rings. The highest BCUT2D eigenvalue weighted by atomic mass is 16.7. The Morgan fingerprint density at radius 3 is 2.43 bits per heavy atom. The number of esters is 1. The summed E-state index contributed by atoms with van der Waals surface area (Å²) in [5.41, 5.74) is -0.884. The standard InChI is InChI=1S/C40H58N2O9/c1-12-31-40(9)32(24(3)22-48-40)26(5)33(43)23(2)20-39(8,47-18-14-16-29-15-13-17-41-21-29)36(27(6)34(44)28(7)37(46)50-31)51-38-35(45)30(42(10)11)19-25(4)49-38/h13,15,17,21,23,25-28,30-32,35-36,38,45H,3,12,18-20,22H2,1-2,4-11H3/t23?,25-,26?,27+,28?,30+,31-,32+,35-,36-,38+,39-,40-/m1/s1. The minimum atomic E-state index is -1.32. The molecule has 1 aromatic heterocycles. The zero-order chi connectivity index (χ0) is 37.8. The van der Waals surface area contributed by atoms with Gasteiger partial charge in [0.25, 0.3) is 0 Å². The molecule has 0 radical (unpaired) electrons. The first-order valence-electron chi connectivity index (χ1n) is 18.2. The van der Waals surface area contributed by atoms with E-state index in [4.69, 9.17) is 23.7 Å². The van der Waals surface area contributed by atoms with E-state index in [9.17, 15) is 19.5 Å². The van der Waals surface area contributed by atoms with Crippen molar-refractivity contribution in [1.29, 1.82) is 0 Å². The summed E-state index contributed by atoms with van der Waals surface area (Å²) in [5.74, 6) is 1.27. The zero-order valence-corrected chi connectivity index (χ0v) is 32.0. The van der Waals surface area contributed by atoms with Gasteiger partial charge < -0.3 is 33.7 Å². The molecule has 3 aliphatic heterocycles. The van der Waals surface area contributed by atoms with E-state index in [1.807, 2.05) is 59.7 Å². The number of rotatable bonds is 6. The summed E-state index contributed by atoms with van der Waals surface area (Å²) in [5, 5.41) is 11.5. The van der Waals surface area contributed by atoms with Gasteiger partial charge in [0, 0.05) is 47.7 Å². The predicted octanol–water partition coefficient (Wildman–Crippen LogP) is 4.39. The predicted molar refractivity (Wildman–Crippen MR) is 191 cm³/mol. The lowest BCUT2D eigenvalue weighted by Gasteiger charge is -2.47. The lowest BCUT2D eigenvalue weighted by molar-refractivity contribution is -0.296. The van der Waals surface area contributed by atoms with Crippen LogP contribution in [0, 0.1) is 41.4 Å². The number of ether oxygens (including phenoxy) is 5. The van der Waals surface area contributed by atoms with Gasteiger partial charge in [0.1, 0.15) is 36.1 Å². The van der Waals surface area contributed by atoms with Crippen LogP contribution in [-0.4, -0.2) is 108 Å². The molecule has 11 nitrogen and oxygen atoms in total. The molecule has 1 N–H and O–H groups in total. The third kappa shape index (κ3) is 8.81. The monoisotopic (exact) mass is 710 g/mol. The Balaban J connectivity index is 1.82. The van der Waals surface area contributed by atoms with E-state index >= 15 is 0 Å². The highest BCUT2D eigenvalue weighted by molar-refractivity contribution is 6.00. The number of Topliss-reactive ketones (excluding diaryl/α,β-unsaturated/α-hetero) is 2. The van der Waals surface area contributed by atoms with Gasteiger partial charge >= 0.3 is 5.97 Å². The fourth-order valence-electron chi connectivity index (χ4n) is 8.43. The molecule has 3 unspecified atom stereocenters. The number of aliphatic hydroxyl groups excluding tert-OH is 1. The average molecular weight is 711 g/mol. The van der Waals surface area contributed by atoms with Crippen LogP contribution in [0.15, 0.2) is 36.7 Å². The molecule has 0 amide bonds. The number of ketones is 2. The van der Waals surface area contributed by atoms with Gasteiger partial charge in [-0.05, 0) is 78.8 Å². The summed E-state index contributed by atoms with van der Waals surface area (Å²) >= 11 is 0. The fraction of sp³-hybridized carbons (Fsp3) is 0.700. The summed E-state index contributed by atoms with van der Waals surface area (Å²) in [4.78, 5) is 48.6. The number of hydrogen-bond acceptors (Lipinski definition) is 11. The molecule has 0 bridgehead atoms. The van der Waals surface area contributed by atoms with E-state index in [1.54, 1.807) is 32.3 Å². The molecule has 0 aromatic carbocycles. The second kappa shape index (κ2) is 16.8. The van der Waals surface area contributed by atoms with Gasteiger partial charge in [0.05, 0.1) is 24.4 Å². The van der Waals surface area contributed by atoms with Crippen LogP contribution in [0.25, 0.3) is 0 Å². The first kappa shape index (κ1) is 40.8. The van der Waals surface area contributed by atoms with Crippen molar-refractivity contribution in [2.24, 2.45) is 29.6 Å². The molecule has 0 spiro atoms. The van der Waals surface area contributed by atoms with Gasteiger partial charge in [-0.15, -0.1) is 0 Å². The van der Waals surface area contributed by atoms with Crippen LogP contribution in [0.2, 0.25) is 0 Å². The van der Waals surface area contributed by atoms with E-state index in [2.05, 4.69) is 23.4 Å². The quantitative estimate of drug-likeness (QED) is 0.195. The summed E-state index contributed by atoms with van der Waals surface area (Å²) in [6.45, 7) is 18.8. The minimum Gasteiger partial charge on any atom is -0.459 e. The van der Waals surface area contributed by atoms with Crippen molar-refractivity contribution in [2.75, 3.05) is 27.3 Å². The maximum atomic E-state index is 14.4. The van der Waals surface area contributed by atoms with Crippen LogP contribution >= 0.6 is 0 Å². The summed E-state index contributed by atoms with van der Waals surface area (Å²) in [7, 11) is 3.76. The van der Waals surface area contributed by atoms with Crippen LogP contribution in [0.3, 0.4) is 0 Å². The number of pyridine rings is 1. The molecule has 13 atom stereocenters. The second-order valence-corrected chi connectivity index (χ2v) is 15.4. The van der Waals surface area contributed by atoms with Crippen LogP contribution in [0.5, 0.6) is 0 Å². The molecule has 4 rings (SSSR count). The Kier molecular flexibility index (Phi) is 13.4. The van der Waals surface area contributed by atoms with Crippen molar-refractivity contribution in [3.05, 3.63) is 42.2 Å². The SMILES string of the molecule is C=C1CO[C@]2(C)[C@@H](CC)OC(=O)C(C)C(=O)[C@H](C)[C@@H](O[C@@H]3O[C@H](C)C[C@H](N(C)C)[C@H]3O)[C@](C)(OCC#Cc3cccnc3)CC(C)C(=O)C(C)[C@H]12. The number of aliphatic hydroxyl groups is 1. The molecule has 3 saturated heterocycles. The third-order valence-electron chi connectivity index (χ3n) is 11.3. The number of aromatic nitrogens is 1. The number of likely N-dealkylation sites (N-methyl/N-ethyl adjacent to an activating group) is 1. The smallest absolute Gasteiger partial charge is 0.316 e. The van der Waals surface area contributed by atoms with Crippen LogP contribution in [-0.2, 0) is 38.1 Å². The maximum absolute atomic E-state index is 14.4. The molecule has 0 aliphatic carbocycles. The van der Waals surface area contributed by atoms with E-state index in [0.717, 1.165) is 5.57 Å². The van der Waals surface area contributed by atoms with Crippen LogP contribution in [0.1, 0.15) is 80.2 Å². The number of hydrogen-bond donors (Lipinski definition) is 1. The van der Waals surface area contributed by atoms with Crippen molar-refractivity contribution in [1.82, 2.24) is 9.88 Å². The largest absolute Gasteiger partial charge is 0.459 e. The maximum Gasteiger partial charge on any atom is 0.316 e. The Bertz CT molecular complexity index is 1470. The van der Waals surface area contributed by atoms with Crippen molar-refractivity contribution < 1.29 is 43.2 Å². The van der Waals surface area contributed by atoms with Crippen molar-refractivity contribution in [2.45, 2.75) is 123 Å². The minimum absolute atomic E-state index is 0.0475. The average Bonchev–Trinajstić information content (AvgIpc) is 3.41. The van der Waals surface area contributed by atoms with Gasteiger partial charge in [-0.3, -0.25) is 19.4 Å². The molecule has 4 heterocycles. The van der Waals surface area contributed by atoms with Crippen molar-refractivity contribution >= 4 is 17.5 Å². The highest BCUT2D eigenvalue weighted by Gasteiger charge is 2.55. The summed E-state index contributed by atoms with van der Waals surface area (Å²) in [6, 6.07) is 3.34. The molecule has 3 aliphatic rings. The van der Waals surface area contributed by atoms with E-state index < -0.39 is 77.1 Å². The van der Waals surface area contributed by atoms with E-state index in [1.165, 1.54) is 6.92 Å². The molecule has 11 heteroatoms. The highest BCUT2D eigenvalue weighted by Crippen LogP contribution is 2.46. The van der Waals surface area contributed by atoms with Crippen molar-refractivity contribution in [3.8, 4) is 11.8 Å². The Morgan fingerprint density at radius 2 is 1.80 bits per heavy atom. The lowest BCUT2D eigenvalue weighted by Crippen LogP contribution is -2.59. The third-order valence-corrected chi connectivity index (χ3v) is 11.3. The van der Waals surface area contributed by atoms with E-state index in [-0.39, 0.29) is 37.6 Å². The number of carbonyl (C=O) groups excluding carboxylic acids is 3. The van der Waals surface area contributed by atoms with Crippen LogP contribution in [0.4, 0.5) is 0 Å². The number of nitrogens with zero attached hydrogens (tertiary/aromatic N) is 2. The van der Waals surface area contributed by atoms with Gasteiger partial charge in [-0.2, -0.15) is 0 Å². The van der Waals surface area contributed by atoms with Crippen molar-refractivity contribution in [3.63, 3.8) is 0 Å². The van der Waals surface area contributed by atoms with Gasteiger partial charge in [-0.1, -0.05) is 46.1 Å². The van der Waals surface area contributed by atoms with Gasteiger partial charge in [0.15, 0.2) is 12.1 Å². The molecule has 282 valence electrons. The molecule has 51 heavy (non-hydrogen) atoms. The number of cyclic esters (lactones) is 1. The zero-order valence-electron chi connectivity index (χ0n) is 32.0.